The van der Waals surface area contributed by atoms with Gasteiger partial charge in [-0.05, 0) is 31.4 Å². The molecule has 4 N–H and O–H groups in total. The van der Waals surface area contributed by atoms with Crippen LogP contribution < -0.4 is 11.1 Å². The summed E-state index contributed by atoms with van der Waals surface area (Å²) in [7, 11) is 0. The van der Waals surface area contributed by atoms with Gasteiger partial charge in [-0.2, -0.15) is 0 Å². The SMILES string of the molecule is NC(CC(NC1CCN2CCCC12)c1ccccc1)=NO. The molecule has 5 heteroatoms. The first-order valence-electron chi connectivity index (χ1n) is 7.79. The lowest BCUT2D eigenvalue weighted by Crippen LogP contribution is -2.42. The maximum atomic E-state index is 8.87. The topological polar surface area (TPSA) is 73.9 Å². The Hall–Kier alpha value is -1.59. The molecule has 2 fully saturated rings. The predicted molar refractivity (Wildman–Crippen MR) is 83.3 cm³/mol. The molecule has 2 saturated heterocycles. The monoisotopic (exact) mass is 288 g/mol. The zero-order valence-corrected chi connectivity index (χ0v) is 12.3. The third kappa shape index (κ3) is 3.19. The zero-order valence-electron chi connectivity index (χ0n) is 12.3. The van der Waals surface area contributed by atoms with E-state index in [4.69, 9.17) is 10.9 Å². The van der Waals surface area contributed by atoms with Gasteiger partial charge in [-0.1, -0.05) is 35.5 Å². The van der Waals surface area contributed by atoms with Crippen molar-refractivity contribution in [1.29, 1.82) is 0 Å². The number of benzene rings is 1. The maximum absolute atomic E-state index is 8.87. The van der Waals surface area contributed by atoms with E-state index in [0.29, 0.717) is 18.5 Å². The molecule has 0 bridgehead atoms. The molecule has 2 aliphatic rings. The van der Waals surface area contributed by atoms with Crippen molar-refractivity contribution in [1.82, 2.24) is 10.2 Å². The second-order valence-electron chi connectivity index (χ2n) is 6.07. The molecule has 0 amide bonds. The van der Waals surface area contributed by atoms with Gasteiger partial charge in [0.25, 0.3) is 0 Å². The Morgan fingerprint density at radius 3 is 2.90 bits per heavy atom. The maximum Gasteiger partial charge on any atom is 0.141 e. The van der Waals surface area contributed by atoms with E-state index in [1.165, 1.54) is 37.9 Å². The highest BCUT2D eigenvalue weighted by atomic mass is 16.4. The summed E-state index contributed by atoms with van der Waals surface area (Å²) in [5.41, 5.74) is 6.94. The minimum Gasteiger partial charge on any atom is -0.409 e. The molecule has 0 spiro atoms. The normalized spacial score (nSPS) is 27.7. The molecule has 0 radical (unpaired) electrons. The summed E-state index contributed by atoms with van der Waals surface area (Å²) in [5, 5.41) is 15.8. The molecule has 1 aromatic carbocycles. The highest BCUT2D eigenvalue weighted by Gasteiger charge is 2.38. The van der Waals surface area contributed by atoms with E-state index in [2.05, 4.69) is 27.5 Å². The minimum absolute atomic E-state index is 0.104. The second kappa shape index (κ2) is 6.45. The number of hydrogen-bond acceptors (Lipinski definition) is 4. The van der Waals surface area contributed by atoms with Crippen molar-refractivity contribution < 1.29 is 5.21 Å². The van der Waals surface area contributed by atoms with Crippen LogP contribution in [0.25, 0.3) is 0 Å². The summed E-state index contributed by atoms with van der Waals surface area (Å²) in [6, 6.07) is 11.5. The van der Waals surface area contributed by atoms with Gasteiger partial charge in [-0.25, -0.2) is 0 Å². The van der Waals surface area contributed by atoms with E-state index in [1.54, 1.807) is 0 Å². The fourth-order valence-corrected chi connectivity index (χ4v) is 3.74. The van der Waals surface area contributed by atoms with E-state index in [0.717, 1.165) is 0 Å². The van der Waals surface area contributed by atoms with E-state index in [-0.39, 0.29) is 11.9 Å². The van der Waals surface area contributed by atoms with E-state index < -0.39 is 0 Å². The molecule has 5 nitrogen and oxygen atoms in total. The van der Waals surface area contributed by atoms with Gasteiger partial charge in [0.1, 0.15) is 5.84 Å². The van der Waals surface area contributed by atoms with Crippen LogP contribution in [0.2, 0.25) is 0 Å². The fraction of sp³-hybridized carbons (Fsp3) is 0.562. The van der Waals surface area contributed by atoms with Crippen LogP contribution >= 0.6 is 0 Å². The number of nitrogens with zero attached hydrogens (tertiary/aromatic N) is 2. The van der Waals surface area contributed by atoms with Crippen LogP contribution in [0, 0.1) is 0 Å². The van der Waals surface area contributed by atoms with Crippen molar-refractivity contribution in [3.8, 4) is 0 Å². The summed E-state index contributed by atoms with van der Waals surface area (Å²) in [6.07, 6.45) is 4.30. The smallest absolute Gasteiger partial charge is 0.141 e. The van der Waals surface area contributed by atoms with Crippen molar-refractivity contribution >= 4 is 5.84 Å². The van der Waals surface area contributed by atoms with Crippen LogP contribution in [0.4, 0.5) is 0 Å². The number of nitrogens with one attached hydrogen (secondary N) is 1. The van der Waals surface area contributed by atoms with Crippen molar-refractivity contribution in [2.45, 2.75) is 43.8 Å². The third-order valence-corrected chi connectivity index (χ3v) is 4.76. The summed E-state index contributed by atoms with van der Waals surface area (Å²) in [6.45, 7) is 2.42. The van der Waals surface area contributed by atoms with Gasteiger partial charge < -0.3 is 16.3 Å². The number of amidine groups is 1. The van der Waals surface area contributed by atoms with Gasteiger partial charge in [-0.3, -0.25) is 4.90 Å². The summed E-state index contributed by atoms with van der Waals surface area (Å²) < 4.78 is 0. The lowest BCUT2D eigenvalue weighted by atomic mass is 9.99. The summed E-state index contributed by atoms with van der Waals surface area (Å²) >= 11 is 0. The Kier molecular flexibility index (Phi) is 4.41. The molecule has 0 aromatic heterocycles. The Bertz CT molecular complexity index is 490. The summed E-state index contributed by atoms with van der Waals surface area (Å²) in [5.74, 6) is 0.276. The van der Waals surface area contributed by atoms with Gasteiger partial charge in [0.2, 0.25) is 0 Å². The van der Waals surface area contributed by atoms with Crippen molar-refractivity contribution in [2.24, 2.45) is 10.9 Å². The average molecular weight is 288 g/mol. The first-order chi connectivity index (χ1) is 10.3. The lowest BCUT2D eigenvalue weighted by molar-refractivity contribution is 0.288. The van der Waals surface area contributed by atoms with Gasteiger partial charge >= 0.3 is 0 Å². The number of rotatable bonds is 5. The van der Waals surface area contributed by atoms with Crippen molar-refractivity contribution in [2.75, 3.05) is 13.1 Å². The van der Waals surface area contributed by atoms with Gasteiger partial charge in [0.15, 0.2) is 0 Å². The fourth-order valence-electron chi connectivity index (χ4n) is 3.74. The minimum atomic E-state index is 0.104. The zero-order chi connectivity index (χ0) is 14.7. The van der Waals surface area contributed by atoms with E-state index in [1.807, 2.05) is 18.2 Å². The molecule has 3 unspecified atom stereocenters. The largest absolute Gasteiger partial charge is 0.409 e. The van der Waals surface area contributed by atoms with Crippen LogP contribution in [-0.2, 0) is 0 Å². The second-order valence-corrected chi connectivity index (χ2v) is 6.07. The van der Waals surface area contributed by atoms with Crippen LogP contribution in [0.3, 0.4) is 0 Å². The lowest BCUT2D eigenvalue weighted by Gasteiger charge is -2.27. The number of fused-ring (bicyclic) bond motifs is 1. The highest BCUT2D eigenvalue weighted by molar-refractivity contribution is 5.80. The number of nitrogens with two attached hydrogens (primary N) is 1. The van der Waals surface area contributed by atoms with Gasteiger partial charge in [0.05, 0.1) is 0 Å². The highest BCUT2D eigenvalue weighted by Crippen LogP contribution is 2.30. The van der Waals surface area contributed by atoms with Crippen LogP contribution in [0.5, 0.6) is 0 Å². The van der Waals surface area contributed by atoms with Crippen LogP contribution in [0.15, 0.2) is 35.5 Å². The summed E-state index contributed by atoms with van der Waals surface area (Å²) in [4.78, 5) is 2.59. The van der Waals surface area contributed by atoms with Crippen LogP contribution in [-0.4, -0.2) is 41.1 Å². The Morgan fingerprint density at radius 2 is 2.14 bits per heavy atom. The first kappa shape index (κ1) is 14.4. The molecule has 2 aliphatic heterocycles. The first-order valence-corrected chi connectivity index (χ1v) is 7.79. The molecular weight excluding hydrogens is 264 g/mol. The Balaban J connectivity index is 1.73. The van der Waals surface area contributed by atoms with Crippen molar-refractivity contribution in [3.05, 3.63) is 35.9 Å². The molecule has 21 heavy (non-hydrogen) atoms. The quantitative estimate of drug-likeness (QED) is 0.334. The third-order valence-electron chi connectivity index (χ3n) is 4.76. The van der Waals surface area contributed by atoms with E-state index in [9.17, 15) is 0 Å². The molecule has 3 rings (SSSR count). The molecule has 2 heterocycles. The number of hydrogen-bond donors (Lipinski definition) is 3. The van der Waals surface area contributed by atoms with Gasteiger partial charge in [0, 0.05) is 31.1 Å². The molecule has 114 valence electrons. The molecule has 0 aliphatic carbocycles. The molecular formula is C16H24N4O. The van der Waals surface area contributed by atoms with Gasteiger partial charge in [-0.15, -0.1) is 0 Å². The predicted octanol–water partition coefficient (Wildman–Crippen LogP) is 1.69. The Labute approximate surface area is 125 Å². The number of oxime groups is 1. The molecule has 0 saturated carbocycles. The molecule has 3 atom stereocenters. The standard InChI is InChI=1S/C16H24N4O/c17-16(19-21)11-14(12-5-2-1-3-6-12)18-13-8-10-20-9-4-7-15(13)20/h1-3,5-6,13-15,18,21H,4,7-11H2,(H2,17,19). The Morgan fingerprint density at radius 1 is 1.33 bits per heavy atom. The van der Waals surface area contributed by atoms with Crippen molar-refractivity contribution in [3.63, 3.8) is 0 Å². The van der Waals surface area contributed by atoms with E-state index >= 15 is 0 Å². The molecule has 1 aromatic rings. The van der Waals surface area contributed by atoms with Crippen LogP contribution in [0.1, 0.15) is 37.3 Å². The average Bonchev–Trinajstić information content (AvgIpc) is 3.12.